The van der Waals surface area contributed by atoms with Crippen LogP contribution in [0.2, 0.25) is 0 Å². The summed E-state index contributed by atoms with van der Waals surface area (Å²) in [4.78, 5) is 0.412. The zero-order valence-electron chi connectivity index (χ0n) is 14.3. The van der Waals surface area contributed by atoms with Crippen LogP contribution in [0.5, 0.6) is 17.2 Å². The van der Waals surface area contributed by atoms with Crippen molar-refractivity contribution >= 4 is 20.4 Å². The number of benzene rings is 3. The van der Waals surface area contributed by atoms with Gasteiger partial charge in [0.1, 0.15) is 17.2 Å². The summed E-state index contributed by atoms with van der Waals surface area (Å²) >= 11 is 0. The normalized spacial score (nSPS) is 12.6. The zero-order valence-corrected chi connectivity index (χ0v) is 15.9. The number of hydrogen-bond donors (Lipinski definition) is 3. The van der Waals surface area contributed by atoms with Gasteiger partial charge in [0.15, 0.2) is 0 Å². The van der Waals surface area contributed by atoms with Gasteiger partial charge in [-0.25, -0.2) is 3.63 Å². The summed E-state index contributed by atoms with van der Waals surface area (Å²) in [7, 11) is -7.29. The van der Waals surface area contributed by atoms with Gasteiger partial charge in [-0.15, -0.1) is 0 Å². The highest BCUT2D eigenvalue weighted by Gasteiger charge is 2.41. The molecule has 0 heterocycles. The highest BCUT2D eigenvalue weighted by Crippen LogP contribution is 2.74. The number of phenols is 3. The molecule has 0 fully saturated rings. The summed E-state index contributed by atoms with van der Waals surface area (Å²) in [6.07, 6.45) is 0.884. The van der Waals surface area contributed by atoms with Crippen molar-refractivity contribution in [3.05, 3.63) is 72.8 Å². The second-order valence-electron chi connectivity index (χ2n) is 5.73. The quantitative estimate of drug-likeness (QED) is 0.592. The van der Waals surface area contributed by atoms with Crippen molar-refractivity contribution in [1.82, 2.24) is 0 Å². The Bertz CT molecular complexity index is 968. The van der Waals surface area contributed by atoms with Gasteiger partial charge in [0.05, 0.1) is 20.9 Å². The highest BCUT2D eigenvalue weighted by atomic mass is 32.3. The molecule has 3 aromatic carbocycles. The second-order valence-corrected chi connectivity index (χ2v) is 10.1. The molecule has 0 spiro atoms. The molecule has 0 aliphatic heterocycles. The van der Waals surface area contributed by atoms with Crippen molar-refractivity contribution in [3.8, 4) is 17.2 Å². The largest absolute Gasteiger partial charge is 0.507 e. The minimum atomic E-state index is -4.07. The van der Waals surface area contributed by atoms with Gasteiger partial charge in [0.2, 0.25) is 0 Å². The molecule has 3 rings (SSSR count). The van der Waals surface area contributed by atoms with Crippen LogP contribution in [0.25, 0.3) is 0 Å². The fraction of sp³-hybridized carbons (Fsp3) is 0.0526. The molecule has 3 N–H and O–H groups in total. The van der Waals surface area contributed by atoms with Gasteiger partial charge < -0.3 is 15.3 Å². The van der Waals surface area contributed by atoms with Gasteiger partial charge in [-0.3, -0.25) is 0 Å². The molecule has 0 atom stereocenters. The molecule has 0 radical (unpaired) electrons. The lowest BCUT2D eigenvalue weighted by Gasteiger charge is -2.39. The molecule has 6 nitrogen and oxygen atoms in total. The van der Waals surface area contributed by atoms with Crippen molar-refractivity contribution < 1.29 is 27.4 Å². The first-order valence-electron chi connectivity index (χ1n) is 7.84. The van der Waals surface area contributed by atoms with E-state index in [1.54, 1.807) is 36.4 Å². The minimum Gasteiger partial charge on any atom is -0.507 e. The fourth-order valence-electron chi connectivity index (χ4n) is 2.75. The number of aromatic hydroxyl groups is 3. The molecular formula is C19H18O6S2. The number of rotatable bonds is 5. The third kappa shape index (κ3) is 3.59. The highest BCUT2D eigenvalue weighted by molar-refractivity contribution is 8.33. The Hall–Kier alpha value is -2.68. The zero-order chi connectivity index (χ0) is 19.7. The minimum absolute atomic E-state index is 0.137. The maximum absolute atomic E-state index is 12.3. The van der Waals surface area contributed by atoms with E-state index in [1.165, 1.54) is 36.4 Å². The maximum Gasteiger partial charge on any atom is 0.274 e. The van der Waals surface area contributed by atoms with Gasteiger partial charge in [-0.2, -0.15) is 8.42 Å². The van der Waals surface area contributed by atoms with Crippen molar-refractivity contribution in [2.24, 2.45) is 0 Å². The first-order chi connectivity index (χ1) is 12.8. The standard InChI is InChI=1S/C19H18O6S2/c1-26(23,24)25-27(17-11-5-2-8-14(17)20,18-12-6-3-9-15(18)21)19-13-7-4-10-16(19)22/h2-13,20-22H,1H3. The third-order valence-electron chi connectivity index (χ3n) is 3.75. The predicted octanol–water partition coefficient (Wildman–Crippen LogP) is 3.98. The lowest BCUT2D eigenvalue weighted by Crippen LogP contribution is -2.13. The van der Waals surface area contributed by atoms with Gasteiger partial charge in [-0.1, -0.05) is 36.4 Å². The number of hydrogen-bond acceptors (Lipinski definition) is 6. The van der Waals surface area contributed by atoms with Gasteiger partial charge >= 0.3 is 0 Å². The summed E-state index contributed by atoms with van der Waals surface area (Å²) < 4.78 is 30.1. The van der Waals surface area contributed by atoms with Crippen LogP contribution in [-0.2, 0) is 13.7 Å². The van der Waals surface area contributed by atoms with Crippen LogP contribution in [0.15, 0.2) is 87.5 Å². The summed E-state index contributed by atoms with van der Waals surface area (Å²) in [5.41, 5.74) is 0. The van der Waals surface area contributed by atoms with Crippen LogP contribution >= 0.6 is 10.3 Å². The lowest BCUT2D eigenvalue weighted by molar-refractivity contribution is 0.447. The van der Waals surface area contributed by atoms with Crippen LogP contribution in [0.1, 0.15) is 0 Å². The Balaban J connectivity index is 2.52. The SMILES string of the molecule is CS(=O)(=O)OS(c1ccccc1O)(c1ccccc1O)c1ccccc1O. The van der Waals surface area contributed by atoms with E-state index in [0.717, 1.165) is 6.26 Å². The summed E-state index contributed by atoms with van der Waals surface area (Å²) in [5.74, 6) is -0.659. The first kappa shape index (κ1) is 19.1. The molecule has 0 amide bonds. The molecule has 0 aliphatic rings. The van der Waals surface area contributed by atoms with E-state index in [1.807, 2.05) is 0 Å². The Kier molecular flexibility index (Phi) is 5.05. The van der Waals surface area contributed by atoms with E-state index < -0.39 is 20.4 Å². The molecular weight excluding hydrogens is 388 g/mol. The summed E-state index contributed by atoms with van der Waals surface area (Å²) in [5, 5.41) is 31.6. The fourth-order valence-corrected chi connectivity index (χ4v) is 7.72. The van der Waals surface area contributed by atoms with E-state index in [-0.39, 0.29) is 31.9 Å². The first-order valence-corrected chi connectivity index (χ1v) is 11.2. The molecule has 3 aromatic rings. The molecule has 0 unspecified atom stereocenters. The van der Waals surface area contributed by atoms with Crippen molar-refractivity contribution in [3.63, 3.8) is 0 Å². The summed E-state index contributed by atoms with van der Waals surface area (Å²) in [6, 6.07) is 18.3. The third-order valence-corrected chi connectivity index (χ3v) is 8.45. The van der Waals surface area contributed by atoms with Crippen LogP contribution in [0.3, 0.4) is 0 Å². The molecule has 8 heteroatoms. The molecule has 0 saturated carbocycles. The van der Waals surface area contributed by atoms with E-state index in [2.05, 4.69) is 0 Å². The van der Waals surface area contributed by atoms with E-state index in [0.29, 0.717) is 0 Å². The molecule has 0 aromatic heterocycles. The van der Waals surface area contributed by atoms with Crippen molar-refractivity contribution in [2.45, 2.75) is 14.7 Å². The number of para-hydroxylation sites is 3. The average Bonchev–Trinajstić information content (AvgIpc) is 2.60. The van der Waals surface area contributed by atoms with Crippen LogP contribution in [0, 0.1) is 0 Å². The predicted molar refractivity (Wildman–Crippen MR) is 103 cm³/mol. The Morgan fingerprint density at radius 3 is 1.19 bits per heavy atom. The van der Waals surface area contributed by atoms with Crippen LogP contribution in [0.4, 0.5) is 0 Å². The molecule has 27 heavy (non-hydrogen) atoms. The molecule has 0 aliphatic carbocycles. The average molecular weight is 406 g/mol. The van der Waals surface area contributed by atoms with E-state index in [9.17, 15) is 23.7 Å². The monoisotopic (exact) mass is 406 g/mol. The van der Waals surface area contributed by atoms with E-state index in [4.69, 9.17) is 3.63 Å². The molecule has 0 saturated heterocycles. The van der Waals surface area contributed by atoms with Crippen molar-refractivity contribution in [2.75, 3.05) is 6.26 Å². The van der Waals surface area contributed by atoms with Crippen LogP contribution < -0.4 is 0 Å². The van der Waals surface area contributed by atoms with Gasteiger partial charge in [-0.05, 0) is 46.7 Å². The molecule has 142 valence electrons. The Labute approximate surface area is 159 Å². The smallest absolute Gasteiger partial charge is 0.274 e. The maximum atomic E-state index is 12.3. The van der Waals surface area contributed by atoms with Crippen LogP contribution in [-0.4, -0.2) is 30.0 Å². The van der Waals surface area contributed by atoms with Crippen molar-refractivity contribution in [1.29, 1.82) is 0 Å². The number of phenolic OH excluding ortho intramolecular Hbond substituents is 3. The van der Waals surface area contributed by atoms with Gasteiger partial charge in [0, 0.05) is 0 Å². The Morgan fingerprint density at radius 2 is 0.926 bits per heavy atom. The second kappa shape index (κ2) is 7.15. The van der Waals surface area contributed by atoms with E-state index >= 15 is 0 Å². The lowest BCUT2D eigenvalue weighted by atomic mass is 10.3. The van der Waals surface area contributed by atoms with Gasteiger partial charge in [0.25, 0.3) is 10.1 Å². The Morgan fingerprint density at radius 1 is 0.630 bits per heavy atom. The topological polar surface area (TPSA) is 104 Å². The summed E-state index contributed by atoms with van der Waals surface area (Å²) in [6.45, 7) is 0. The molecule has 0 bridgehead atoms.